The number of hydrogen-bond acceptors (Lipinski definition) is 10. The molecule has 1 unspecified atom stereocenters. The van der Waals surface area contributed by atoms with E-state index in [9.17, 15) is 29.5 Å². The minimum absolute atomic E-state index is 0.0192. The number of carbonyl (C=O) groups is 2. The third-order valence-electron chi connectivity index (χ3n) is 7.77. The maximum Gasteiger partial charge on any atom is 0.469 e. The first-order chi connectivity index (χ1) is 21.9. The van der Waals surface area contributed by atoms with Crippen LogP contribution in [-0.4, -0.2) is 81.0 Å². The summed E-state index contributed by atoms with van der Waals surface area (Å²) in [4.78, 5) is 42.6. The number of unbranched alkanes of at least 4 members (excludes halogenated alkanes) is 9. The van der Waals surface area contributed by atoms with Crippen LogP contribution >= 0.6 is 7.82 Å². The highest BCUT2D eigenvalue weighted by Crippen LogP contribution is 2.36. The van der Waals surface area contributed by atoms with Crippen LogP contribution in [-0.2, 0) is 32.9 Å². The van der Waals surface area contributed by atoms with Crippen LogP contribution in [0.3, 0.4) is 0 Å². The second-order valence-corrected chi connectivity index (χ2v) is 13.3. The number of phosphoric acid groups is 1. The van der Waals surface area contributed by atoms with Gasteiger partial charge in [0.25, 0.3) is 0 Å². The van der Waals surface area contributed by atoms with Crippen LogP contribution in [0.4, 0.5) is 0 Å². The largest absolute Gasteiger partial charge is 0.469 e. The molecule has 1 fully saturated rings. The van der Waals surface area contributed by atoms with Crippen molar-refractivity contribution >= 4 is 19.8 Å². The molecular weight excluding hydrogens is 619 g/mol. The molecule has 0 amide bonds. The highest BCUT2D eigenvalue weighted by atomic mass is 31.2. The zero-order valence-corrected chi connectivity index (χ0v) is 28.6. The molecule has 1 rings (SSSR count). The first-order valence-corrected chi connectivity index (χ1v) is 18.6. The van der Waals surface area contributed by atoms with Crippen LogP contribution in [0.15, 0.2) is 24.3 Å². The summed E-state index contributed by atoms with van der Waals surface area (Å²) in [6, 6.07) is 0. The Morgan fingerprint density at radius 3 is 2.24 bits per heavy atom. The van der Waals surface area contributed by atoms with Crippen molar-refractivity contribution in [1.29, 1.82) is 0 Å². The van der Waals surface area contributed by atoms with E-state index in [1.54, 1.807) is 12.2 Å². The normalized spacial score (nSPS) is 21.9. The van der Waals surface area contributed by atoms with Gasteiger partial charge in [-0.15, -0.1) is 0 Å². The Kier molecular flexibility index (Phi) is 23.4. The van der Waals surface area contributed by atoms with Crippen molar-refractivity contribution in [2.75, 3.05) is 13.2 Å². The smallest absolute Gasteiger partial charge is 0.462 e. The molecule has 1 aliphatic rings. The van der Waals surface area contributed by atoms with E-state index in [1.165, 1.54) is 19.3 Å². The number of allylic oxidation sites excluding steroid dienone is 2. The predicted octanol–water partition coefficient (Wildman–Crippen LogP) is 5.39. The van der Waals surface area contributed by atoms with Crippen molar-refractivity contribution in [3.8, 4) is 0 Å². The molecule has 0 aromatic heterocycles. The summed E-state index contributed by atoms with van der Waals surface area (Å²) in [5, 5.41) is 30.7. The van der Waals surface area contributed by atoms with Crippen LogP contribution in [0.25, 0.3) is 0 Å². The van der Waals surface area contributed by atoms with Crippen molar-refractivity contribution in [2.24, 2.45) is 5.92 Å². The lowest BCUT2D eigenvalue weighted by Gasteiger charge is -2.36. The highest BCUT2D eigenvalue weighted by molar-refractivity contribution is 7.46. The maximum atomic E-state index is 12.4. The van der Waals surface area contributed by atoms with E-state index in [4.69, 9.17) is 24.0 Å². The Morgan fingerprint density at radius 2 is 1.54 bits per heavy atom. The Morgan fingerprint density at radius 1 is 0.891 bits per heavy atom. The molecule has 0 aromatic rings. The first-order valence-electron chi connectivity index (χ1n) is 17.0. The maximum absolute atomic E-state index is 12.4. The zero-order valence-electron chi connectivity index (χ0n) is 27.7. The van der Waals surface area contributed by atoms with Crippen molar-refractivity contribution in [2.45, 2.75) is 154 Å². The molecule has 12 nitrogen and oxygen atoms in total. The van der Waals surface area contributed by atoms with E-state index >= 15 is 0 Å². The number of hydrogen-bond donors (Lipinski definition) is 5. The third-order valence-corrected chi connectivity index (χ3v) is 8.25. The van der Waals surface area contributed by atoms with E-state index in [1.807, 2.05) is 12.2 Å². The molecule has 0 spiro atoms. The van der Waals surface area contributed by atoms with Gasteiger partial charge in [0.15, 0.2) is 12.4 Å². The number of carbonyl (C=O) groups excluding carboxylic acids is 2. The summed E-state index contributed by atoms with van der Waals surface area (Å²) in [6.45, 7) is 3.26. The van der Waals surface area contributed by atoms with Crippen molar-refractivity contribution in [3.63, 3.8) is 0 Å². The van der Waals surface area contributed by atoms with E-state index in [2.05, 4.69) is 18.4 Å². The van der Waals surface area contributed by atoms with Crippen LogP contribution in [0.2, 0.25) is 0 Å². The zero-order chi connectivity index (χ0) is 34.2. The van der Waals surface area contributed by atoms with Gasteiger partial charge in [-0.1, -0.05) is 95.9 Å². The number of aliphatic hydroxyl groups excluding tert-OH is 3. The summed E-state index contributed by atoms with van der Waals surface area (Å²) in [6.07, 6.45) is 15.6. The van der Waals surface area contributed by atoms with Gasteiger partial charge in [0.2, 0.25) is 0 Å². The quantitative estimate of drug-likeness (QED) is 0.0340. The first kappa shape index (κ1) is 42.4. The fourth-order valence-corrected chi connectivity index (χ4v) is 5.48. The highest BCUT2D eigenvalue weighted by Gasteiger charge is 2.35. The molecule has 268 valence electrons. The average Bonchev–Trinajstić information content (AvgIpc) is 2.99. The number of aliphatic hydroxyl groups is 3. The van der Waals surface area contributed by atoms with Gasteiger partial charge in [-0.3, -0.25) is 14.1 Å². The van der Waals surface area contributed by atoms with Crippen LogP contribution in [0.1, 0.15) is 123 Å². The minimum Gasteiger partial charge on any atom is -0.462 e. The van der Waals surface area contributed by atoms with Gasteiger partial charge in [-0.05, 0) is 32.1 Å². The number of esters is 2. The molecule has 0 bridgehead atoms. The summed E-state index contributed by atoms with van der Waals surface area (Å²) < 4.78 is 31.7. The van der Waals surface area contributed by atoms with Crippen molar-refractivity contribution < 1.29 is 58.0 Å². The minimum atomic E-state index is -4.82. The van der Waals surface area contributed by atoms with Crippen LogP contribution in [0.5, 0.6) is 0 Å². The topological polar surface area (TPSA) is 189 Å². The second kappa shape index (κ2) is 25.4. The average molecular weight is 679 g/mol. The van der Waals surface area contributed by atoms with Gasteiger partial charge in [-0.25, -0.2) is 4.57 Å². The molecule has 0 aromatic carbocycles. The molecule has 46 heavy (non-hydrogen) atoms. The van der Waals surface area contributed by atoms with Gasteiger partial charge in [-0.2, -0.15) is 0 Å². The van der Waals surface area contributed by atoms with Gasteiger partial charge < -0.3 is 39.3 Å². The lowest BCUT2D eigenvalue weighted by molar-refractivity contribution is -0.199. The van der Waals surface area contributed by atoms with Crippen LogP contribution in [0, 0.1) is 5.92 Å². The summed E-state index contributed by atoms with van der Waals surface area (Å²) in [7, 11) is -4.82. The Balaban J connectivity index is 2.48. The van der Waals surface area contributed by atoms with E-state index in [0.29, 0.717) is 32.1 Å². The van der Waals surface area contributed by atoms with Gasteiger partial charge >= 0.3 is 19.8 Å². The van der Waals surface area contributed by atoms with Crippen LogP contribution < -0.4 is 0 Å². The molecule has 0 radical (unpaired) electrons. The molecule has 6 atom stereocenters. The fraction of sp³-hybridized carbons (Fsp3) is 0.818. The van der Waals surface area contributed by atoms with E-state index in [-0.39, 0.29) is 31.8 Å². The molecule has 1 saturated heterocycles. The molecule has 0 saturated carbocycles. The molecule has 13 heteroatoms. The third kappa shape index (κ3) is 22.0. The molecule has 1 aliphatic heterocycles. The summed E-state index contributed by atoms with van der Waals surface area (Å²) in [5.74, 6) is -1.41. The molecule has 1 heterocycles. The molecule has 5 N–H and O–H groups in total. The Bertz CT molecular complexity index is 920. The fourth-order valence-electron chi connectivity index (χ4n) is 5.12. The number of phosphoric ester groups is 1. The lowest BCUT2D eigenvalue weighted by atomic mass is 9.87. The molecule has 0 aliphatic carbocycles. The Labute approximate surface area is 274 Å². The van der Waals surface area contributed by atoms with Gasteiger partial charge in [0, 0.05) is 25.2 Å². The summed E-state index contributed by atoms with van der Waals surface area (Å²) >= 11 is 0. The second-order valence-electron chi connectivity index (χ2n) is 12.0. The monoisotopic (exact) mass is 678 g/mol. The van der Waals surface area contributed by atoms with Crippen molar-refractivity contribution in [1.82, 2.24) is 0 Å². The summed E-state index contributed by atoms with van der Waals surface area (Å²) in [5.41, 5.74) is 0. The SMILES string of the molecule is CCCCCCCCCC(=O)OC[C@H](COP(=O)(O)O)OC(=O)CCC/C=C\C[C@H]1[C@@H](O)CC(O)O[C@@H]1/C=C/[C@@H](O)CCCCC. The van der Waals surface area contributed by atoms with E-state index < -0.39 is 57.1 Å². The lowest BCUT2D eigenvalue weighted by Crippen LogP contribution is -2.43. The Hall–Kier alpha value is -1.63. The standard InChI is InChI=1S/C33H59O12P/c1-3-5-7-8-9-10-15-19-31(36)42-24-27(25-43-46(39,40)41)44-32(37)20-16-12-11-14-18-28-29(35)23-33(38)45-30(28)22-21-26(34)17-13-6-4-2/h11,14,21-22,26-30,33-35,38H,3-10,12-13,15-20,23-25H2,1-2H3,(H2,39,40,41)/b14-11-,22-21+/t26-,27+,28-,29-,30+,33?/m0/s1. The van der Waals surface area contributed by atoms with Gasteiger partial charge in [0.05, 0.1) is 24.9 Å². The number of rotatable bonds is 26. The number of ether oxygens (including phenoxy) is 3. The predicted molar refractivity (Wildman–Crippen MR) is 173 cm³/mol. The van der Waals surface area contributed by atoms with Gasteiger partial charge in [0.1, 0.15) is 6.61 Å². The molecular formula is C33H59O12P. The van der Waals surface area contributed by atoms with Crippen molar-refractivity contribution in [3.05, 3.63) is 24.3 Å². The van der Waals surface area contributed by atoms with E-state index in [0.717, 1.165) is 38.5 Å².